The lowest BCUT2D eigenvalue weighted by atomic mass is 10.1. The summed E-state index contributed by atoms with van der Waals surface area (Å²) in [7, 11) is 1.47. The van der Waals surface area contributed by atoms with E-state index in [9.17, 15) is 32.3 Å². The summed E-state index contributed by atoms with van der Waals surface area (Å²) in [6.45, 7) is 4.82. The highest BCUT2D eigenvalue weighted by Gasteiger charge is 2.33. The molecule has 1 aromatic carbocycles. The summed E-state index contributed by atoms with van der Waals surface area (Å²) in [5, 5.41) is 4.66. The summed E-state index contributed by atoms with van der Waals surface area (Å²) in [5.74, 6) is -1.04. The third-order valence-electron chi connectivity index (χ3n) is 4.27. The van der Waals surface area contributed by atoms with Gasteiger partial charge in [0, 0.05) is 20.0 Å². The second-order valence-corrected chi connectivity index (χ2v) is 8.22. The van der Waals surface area contributed by atoms with E-state index >= 15 is 0 Å². The van der Waals surface area contributed by atoms with Crippen LogP contribution in [0, 0.1) is 0 Å². The van der Waals surface area contributed by atoms with Crippen LogP contribution in [-0.2, 0) is 20.5 Å². The first-order valence-corrected chi connectivity index (χ1v) is 9.74. The lowest BCUT2D eigenvalue weighted by molar-refractivity contribution is -0.137. The number of rotatable bonds is 6. The van der Waals surface area contributed by atoms with Gasteiger partial charge in [-0.05, 0) is 45.4 Å². The molecule has 0 unspecified atom stereocenters. The fourth-order valence-electron chi connectivity index (χ4n) is 2.85. The lowest BCUT2D eigenvalue weighted by Crippen LogP contribution is -2.33. The van der Waals surface area contributed by atoms with Crippen LogP contribution in [0.1, 0.15) is 39.2 Å². The van der Waals surface area contributed by atoms with Crippen LogP contribution < -0.4 is 10.6 Å². The first kappa shape index (κ1) is 25.0. The van der Waals surface area contributed by atoms with Crippen molar-refractivity contribution in [2.75, 3.05) is 30.8 Å². The number of hydrogen-bond acceptors (Lipinski definition) is 5. The van der Waals surface area contributed by atoms with Crippen molar-refractivity contribution in [1.82, 2.24) is 9.80 Å². The van der Waals surface area contributed by atoms with Gasteiger partial charge in [-0.25, -0.2) is 9.59 Å². The molecule has 0 atom stereocenters. The second kappa shape index (κ2) is 9.45. The number of hydrogen-bond donors (Lipinski definition) is 2. The summed E-state index contributed by atoms with van der Waals surface area (Å²) < 4.78 is 44.4. The Bertz CT molecular complexity index is 911. The van der Waals surface area contributed by atoms with E-state index in [-0.39, 0.29) is 43.2 Å². The molecule has 1 fully saturated rings. The van der Waals surface area contributed by atoms with Crippen LogP contribution in [-0.4, -0.2) is 59.5 Å². The first-order chi connectivity index (χ1) is 14.7. The molecule has 0 aliphatic carbocycles. The predicted molar refractivity (Wildman–Crippen MR) is 109 cm³/mol. The number of carbonyl (C=O) groups excluding carboxylic acids is 4. The van der Waals surface area contributed by atoms with Gasteiger partial charge in [0.15, 0.2) is 0 Å². The summed E-state index contributed by atoms with van der Waals surface area (Å²) >= 11 is 0. The Morgan fingerprint density at radius 2 is 1.75 bits per heavy atom. The maximum absolute atomic E-state index is 13.1. The lowest BCUT2D eigenvalue weighted by Gasteiger charge is -2.21. The van der Waals surface area contributed by atoms with Crippen LogP contribution in [0.15, 0.2) is 18.2 Å². The van der Waals surface area contributed by atoms with Gasteiger partial charge < -0.3 is 15.0 Å². The van der Waals surface area contributed by atoms with E-state index in [1.807, 2.05) is 0 Å². The molecule has 1 aromatic rings. The molecular weight excluding hydrogens is 433 g/mol. The number of amides is 5. The molecule has 0 aromatic heterocycles. The number of halogens is 3. The van der Waals surface area contributed by atoms with Crippen LogP contribution in [0.25, 0.3) is 0 Å². The number of likely N-dealkylation sites (N-methyl/N-ethyl adjacent to an activating group) is 1. The van der Waals surface area contributed by atoms with Crippen LogP contribution in [0.4, 0.5) is 34.1 Å². The minimum atomic E-state index is -4.66. The topological polar surface area (TPSA) is 108 Å². The van der Waals surface area contributed by atoms with Gasteiger partial charge in [-0.2, -0.15) is 13.2 Å². The summed E-state index contributed by atoms with van der Waals surface area (Å²) in [4.78, 5) is 50.1. The average molecular weight is 458 g/mol. The fourth-order valence-corrected chi connectivity index (χ4v) is 2.85. The van der Waals surface area contributed by atoms with E-state index < -0.39 is 35.4 Å². The Kier molecular flexibility index (Phi) is 7.37. The third-order valence-corrected chi connectivity index (χ3v) is 4.27. The van der Waals surface area contributed by atoms with Crippen molar-refractivity contribution in [3.05, 3.63) is 23.8 Å². The standard InChI is InChI=1S/C20H25F3N4O5/c1-19(2,3)32-17(30)25-13-8-7-12(20(21,22)23)10-14(13)24-15(28)6-5-9-27-16(29)11-26(4)18(27)31/h7-8,10H,5-6,9,11H2,1-4H3,(H,24,28)(H,25,30). The Labute approximate surface area is 182 Å². The maximum Gasteiger partial charge on any atom is 0.416 e. The van der Waals surface area contributed by atoms with E-state index in [4.69, 9.17) is 4.74 Å². The molecule has 0 radical (unpaired) electrons. The van der Waals surface area contributed by atoms with E-state index in [0.29, 0.717) is 6.07 Å². The SMILES string of the molecule is CN1CC(=O)N(CCCC(=O)Nc2cc(C(F)(F)F)ccc2NC(=O)OC(C)(C)C)C1=O. The largest absolute Gasteiger partial charge is 0.444 e. The molecule has 9 nitrogen and oxygen atoms in total. The van der Waals surface area contributed by atoms with Crippen molar-refractivity contribution in [3.63, 3.8) is 0 Å². The van der Waals surface area contributed by atoms with Gasteiger partial charge in [0.2, 0.25) is 11.8 Å². The van der Waals surface area contributed by atoms with Crippen LogP contribution >= 0.6 is 0 Å². The van der Waals surface area contributed by atoms with E-state index in [0.717, 1.165) is 17.0 Å². The zero-order chi connectivity index (χ0) is 24.3. The minimum absolute atomic E-state index is 0.00102. The number of alkyl halides is 3. The molecule has 5 amide bonds. The Balaban J connectivity index is 2.08. The molecule has 12 heteroatoms. The zero-order valence-corrected chi connectivity index (χ0v) is 18.1. The zero-order valence-electron chi connectivity index (χ0n) is 18.1. The number of ether oxygens (including phenoxy) is 1. The van der Waals surface area contributed by atoms with Crippen LogP contribution in [0.5, 0.6) is 0 Å². The fraction of sp³-hybridized carbons (Fsp3) is 0.500. The van der Waals surface area contributed by atoms with Gasteiger partial charge in [0.05, 0.1) is 16.9 Å². The van der Waals surface area contributed by atoms with E-state index in [1.54, 1.807) is 20.8 Å². The number of anilines is 2. The van der Waals surface area contributed by atoms with Crippen molar-refractivity contribution in [1.29, 1.82) is 0 Å². The smallest absolute Gasteiger partial charge is 0.416 e. The highest BCUT2D eigenvalue weighted by Crippen LogP contribution is 2.34. The Hall–Kier alpha value is -3.31. The third kappa shape index (κ3) is 6.86. The monoisotopic (exact) mass is 458 g/mol. The number of nitrogens with zero attached hydrogens (tertiary/aromatic N) is 2. The van der Waals surface area contributed by atoms with Gasteiger partial charge in [0.1, 0.15) is 12.1 Å². The Morgan fingerprint density at radius 1 is 1.09 bits per heavy atom. The number of imide groups is 1. The predicted octanol–water partition coefficient (Wildman–Crippen LogP) is 3.67. The normalized spacial score (nSPS) is 14.6. The first-order valence-electron chi connectivity index (χ1n) is 9.74. The number of nitrogens with one attached hydrogen (secondary N) is 2. The molecule has 32 heavy (non-hydrogen) atoms. The van der Waals surface area contributed by atoms with E-state index in [1.165, 1.54) is 11.9 Å². The molecule has 0 saturated carbocycles. The van der Waals surface area contributed by atoms with E-state index in [2.05, 4.69) is 10.6 Å². The molecule has 0 bridgehead atoms. The Morgan fingerprint density at radius 3 is 2.28 bits per heavy atom. The van der Waals surface area contributed by atoms with Gasteiger partial charge in [0.25, 0.3) is 0 Å². The molecule has 1 aliphatic rings. The van der Waals surface area contributed by atoms with Crippen molar-refractivity contribution in [2.45, 2.75) is 45.4 Å². The second-order valence-electron chi connectivity index (χ2n) is 8.22. The van der Waals surface area contributed by atoms with Gasteiger partial charge in [-0.1, -0.05) is 0 Å². The van der Waals surface area contributed by atoms with Crippen LogP contribution in [0.3, 0.4) is 0 Å². The van der Waals surface area contributed by atoms with Crippen molar-refractivity contribution in [3.8, 4) is 0 Å². The van der Waals surface area contributed by atoms with Crippen LogP contribution in [0.2, 0.25) is 0 Å². The number of urea groups is 1. The molecular formula is C20H25F3N4O5. The summed E-state index contributed by atoms with van der Waals surface area (Å²) in [6.07, 6.45) is -5.61. The molecule has 1 aliphatic heterocycles. The number of benzene rings is 1. The average Bonchev–Trinajstić information content (AvgIpc) is 2.86. The highest BCUT2D eigenvalue weighted by molar-refractivity contribution is 6.02. The van der Waals surface area contributed by atoms with Gasteiger partial charge in [-0.3, -0.25) is 19.8 Å². The van der Waals surface area contributed by atoms with Gasteiger partial charge >= 0.3 is 18.3 Å². The van der Waals surface area contributed by atoms with Crippen molar-refractivity contribution in [2.24, 2.45) is 0 Å². The molecule has 176 valence electrons. The molecule has 2 rings (SSSR count). The highest BCUT2D eigenvalue weighted by atomic mass is 19.4. The molecule has 2 N–H and O–H groups in total. The van der Waals surface area contributed by atoms with Crippen molar-refractivity contribution >= 4 is 35.3 Å². The molecule has 1 heterocycles. The minimum Gasteiger partial charge on any atom is -0.444 e. The maximum atomic E-state index is 13.1. The van der Waals surface area contributed by atoms with Gasteiger partial charge in [-0.15, -0.1) is 0 Å². The summed E-state index contributed by atoms with van der Waals surface area (Å²) in [5.41, 5.74) is -2.19. The molecule has 1 saturated heterocycles. The van der Waals surface area contributed by atoms with Crippen molar-refractivity contribution < 1.29 is 37.1 Å². The summed E-state index contributed by atoms with van der Waals surface area (Å²) in [6, 6.07) is 2.01. The quantitative estimate of drug-likeness (QED) is 0.633. The number of carbonyl (C=O) groups is 4. The molecule has 0 spiro atoms.